The fourth-order valence-corrected chi connectivity index (χ4v) is 3.02. The van der Waals surface area contributed by atoms with Crippen molar-refractivity contribution in [1.82, 2.24) is 4.90 Å². The van der Waals surface area contributed by atoms with E-state index in [-0.39, 0.29) is 17.5 Å². The van der Waals surface area contributed by atoms with E-state index in [4.69, 9.17) is 0 Å². The molecule has 1 aliphatic heterocycles. The molecule has 23 heavy (non-hydrogen) atoms. The third-order valence-electron chi connectivity index (χ3n) is 4.71. The smallest absolute Gasteiger partial charge is 0.253 e. The first-order valence-electron chi connectivity index (χ1n) is 8.18. The summed E-state index contributed by atoms with van der Waals surface area (Å²) in [4.78, 5) is 14.5. The number of halogens is 1. The highest BCUT2D eigenvalue weighted by Crippen LogP contribution is 2.37. The van der Waals surface area contributed by atoms with Crippen LogP contribution in [0.25, 0.3) is 0 Å². The minimum absolute atomic E-state index is 0.135. The van der Waals surface area contributed by atoms with Gasteiger partial charge in [-0.3, -0.25) is 4.79 Å². The van der Waals surface area contributed by atoms with E-state index in [1.165, 1.54) is 12.1 Å². The van der Waals surface area contributed by atoms with Crippen molar-refractivity contribution in [3.63, 3.8) is 0 Å². The van der Waals surface area contributed by atoms with Gasteiger partial charge in [-0.15, -0.1) is 0 Å². The van der Waals surface area contributed by atoms with Crippen LogP contribution in [0.5, 0.6) is 0 Å². The Morgan fingerprint density at radius 2 is 1.91 bits per heavy atom. The number of benzene rings is 1. The standard InChI is InChI=1S/C19H26FNO2/c1-13(2)9-10-19(4)11-17(22)14(3)18(23)21(19)12-15-5-7-16(20)8-6-15/h5-8,13,22H,9-12H2,1-4H3. The predicted molar refractivity (Wildman–Crippen MR) is 89.4 cm³/mol. The lowest BCUT2D eigenvalue weighted by Gasteiger charge is -2.45. The van der Waals surface area contributed by atoms with Crippen molar-refractivity contribution in [2.24, 2.45) is 5.92 Å². The first kappa shape index (κ1) is 17.5. The summed E-state index contributed by atoms with van der Waals surface area (Å²) in [6, 6.07) is 6.24. The molecule has 1 heterocycles. The normalized spacial score (nSPS) is 22.2. The summed E-state index contributed by atoms with van der Waals surface area (Å²) in [6.07, 6.45) is 2.28. The Hall–Kier alpha value is -1.84. The van der Waals surface area contributed by atoms with Gasteiger partial charge in [0.15, 0.2) is 0 Å². The summed E-state index contributed by atoms with van der Waals surface area (Å²) in [7, 11) is 0. The van der Waals surface area contributed by atoms with Crippen LogP contribution in [0, 0.1) is 11.7 Å². The second-order valence-corrected chi connectivity index (χ2v) is 7.20. The molecule has 0 aromatic heterocycles. The van der Waals surface area contributed by atoms with E-state index in [1.807, 2.05) is 11.8 Å². The maximum atomic E-state index is 13.1. The molecule has 1 aromatic rings. The lowest BCUT2D eigenvalue weighted by molar-refractivity contribution is -0.136. The molecule has 0 aliphatic carbocycles. The van der Waals surface area contributed by atoms with Crippen LogP contribution >= 0.6 is 0 Å². The van der Waals surface area contributed by atoms with Crippen molar-refractivity contribution in [2.45, 2.75) is 59.0 Å². The molecule has 0 saturated carbocycles. The Morgan fingerprint density at radius 3 is 2.48 bits per heavy atom. The van der Waals surface area contributed by atoms with E-state index in [1.54, 1.807) is 19.1 Å². The summed E-state index contributed by atoms with van der Waals surface area (Å²) in [6.45, 7) is 8.42. The summed E-state index contributed by atoms with van der Waals surface area (Å²) in [5.74, 6) is 0.305. The third kappa shape index (κ3) is 3.92. The average molecular weight is 319 g/mol. The number of aliphatic hydroxyl groups excluding tert-OH is 1. The molecule has 3 nitrogen and oxygen atoms in total. The molecular weight excluding hydrogens is 293 g/mol. The molecule has 1 aliphatic rings. The molecule has 1 aromatic carbocycles. The summed E-state index contributed by atoms with van der Waals surface area (Å²) >= 11 is 0. The van der Waals surface area contributed by atoms with E-state index < -0.39 is 5.54 Å². The lowest BCUT2D eigenvalue weighted by atomic mass is 9.82. The van der Waals surface area contributed by atoms with Crippen LogP contribution < -0.4 is 0 Å². The fraction of sp³-hybridized carbons (Fsp3) is 0.526. The molecular formula is C19H26FNO2. The number of aliphatic hydroxyl groups is 1. The van der Waals surface area contributed by atoms with Crippen LogP contribution in [-0.2, 0) is 11.3 Å². The van der Waals surface area contributed by atoms with Gasteiger partial charge in [0.1, 0.15) is 11.6 Å². The molecule has 1 unspecified atom stereocenters. The van der Waals surface area contributed by atoms with Gasteiger partial charge in [-0.1, -0.05) is 26.0 Å². The summed E-state index contributed by atoms with van der Waals surface area (Å²) in [5.41, 5.74) is 0.887. The highest BCUT2D eigenvalue weighted by molar-refractivity contribution is 5.94. The lowest BCUT2D eigenvalue weighted by Crippen LogP contribution is -2.53. The number of carbonyl (C=O) groups is 1. The van der Waals surface area contributed by atoms with Gasteiger partial charge >= 0.3 is 0 Å². The second-order valence-electron chi connectivity index (χ2n) is 7.20. The molecule has 1 N–H and O–H groups in total. The van der Waals surface area contributed by atoms with Gasteiger partial charge in [0.05, 0.1) is 5.57 Å². The van der Waals surface area contributed by atoms with Crippen LogP contribution in [-0.4, -0.2) is 21.5 Å². The van der Waals surface area contributed by atoms with Crippen molar-refractivity contribution < 1.29 is 14.3 Å². The van der Waals surface area contributed by atoms with Crippen LogP contribution in [0.15, 0.2) is 35.6 Å². The molecule has 126 valence electrons. The van der Waals surface area contributed by atoms with Crippen LogP contribution in [0.1, 0.15) is 52.5 Å². The zero-order chi connectivity index (χ0) is 17.2. The van der Waals surface area contributed by atoms with E-state index in [9.17, 15) is 14.3 Å². The molecule has 0 saturated heterocycles. The number of amides is 1. The molecule has 1 atom stereocenters. The van der Waals surface area contributed by atoms with Gasteiger partial charge in [0.25, 0.3) is 5.91 Å². The minimum Gasteiger partial charge on any atom is -0.512 e. The number of rotatable bonds is 5. The maximum Gasteiger partial charge on any atom is 0.253 e. The Kier molecular flexibility index (Phi) is 5.12. The Balaban J connectivity index is 2.29. The SMILES string of the molecule is CC1=C(O)CC(C)(CCC(C)C)N(Cc2ccc(F)cc2)C1=O. The summed E-state index contributed by atoms with van der Waals surface area (Å²) in [5, 5.41) is 10.2. The van der Waals surface area contributed by atoms with Crippen molar-refractivity contribution in [3.8, 4) is 0 Å². The van der Waals surface area contributed by atoms with Gasteiger partial charge in [-0.2, -0.15) is 0 Å². The topological polar surface area (TPSA) is 40.5 Å². The Bertz CT molecular complexity index is 606. The largest absolute Gasteiger partial charge is 0.512 e. The van der Waals surface area contributed by atoms with Gasteiger partial charge in [-0.05, 0) is 50.3 Å². The van der Waals surface area contributed by atoms with E-state index in [2.05, 4.69) is 13.8 Å². The highest BCUT2D eigenvalue weighted by atomic mass is 19.1. The number of nitrogens with zero attached hydrogens (tertiary/aromatic N) is 1. The number of hydrogen-bond donors (Lipinski definition) is 1. The predicted octanol–water partition coefficient (Wildman–Crippen LogP) is 4.58. The van der Waals surface area contributed by atoms with Crippen molar-refractivity contribution in [2.75, 3.05) is 0 Å². The quantitative estimate of drug-likeness (QED) is 0.862. The number of carbonyl (C=O) groups excluding carboxylic acids is 1. The Labute approximate surface area is 137 Å². The highest BCUT2D eigenvalue weighted by Gasteiger charge is 2.41. The Morgan fingerprint density at radius 1 is 1.30 bits per heavy atom. The van der Waals surface area contributed by atoms with Gasteiger partial charge in [0, 0.05) is 18.5 Å². The summed E-state index contributed by atoms with van der Waals surface area (Å²) < 4.78 is 13.1. The average Bonchev–Trinajstić information content (AvgIpc) is 2.49. The first-order chi connectivity index (χ1) is 10.7. The molecule has 1 amide bonds. The number of hydrogen-bond acceptors (Lipinski definition) is 2. The van der Waals surface area contributed by atoms with Crippen LogP contribution in [0.3, 0.4) is 0 Å². The fourth-order valence-electron chi connectivity index (χ4n) is 3.02. The maximum absolute atomic E-state index is 13.1. The zero-order valence-electron chi connectivity index (χ0n) is 14.4. The van der Waals surface area contributed by atoms with Gasteiger partial charge in [0.2, 0.25) is 0 Å². The van der Waals surface area contributed by atoms with Crippen LogP contribution in [0.4, 0.5) is 4.39 Å². The molecule has 0 bridgehead atoms. The monoisotopic (exact) mass is 319 g/mol. The molecule has 4 heteroatoms. The minimum atomic E-state index is -0.417. The molecule has 0 radical (unpaired) electrons. The van der Waals surface area contributed by atoms with Crippen molar-refractivity contribution in [1.29, 1.82) is 0 Å². The van der Waals surface area contributed by atoms with Crippen molar-refractivity contribution >= 4 is 5.91 Å². The van der Waals surface area contributed by atoms with Crippen LogP contribution in [0.2, 0.25) is 0 Å². The molecule has 0 spiro atoms. The van der Waals surface area contributed by atoms with E-state index in [0.29, 0.717) is 24.5 Å². The van der Waals surface area contributed by atoms with Gasteiger partial charge < -0.3 is 10.0 Å². The van der Waals surface area contributed by atoms with E-state index >= 15 is 0 Å². The third-order valence-corrected chi connectivity index (χ3v) is 4.71. The van der Waals surface area contributed by atoms with Crippen molar-refractivity contribution in [3.05, 3.63) is 47.0 Å². The van der Waals surface area contributed by atoms with Gasteiger partial charge in [-0.25, -0.2) is 4.39 Å². The zero-order valence-corrected chi connectivity index (χ0v) is 14.4. The molecule has 0 fully saturated rings. The second kappa shape index (κ2) is 6.73. The van der Waals surface area contributed by atoms with E-state index in [0.717, 1.165) is 18.4 Å². The first-order valence-corrected chi connectivity index (χ1v) is 8.18. The molecule has 2 rings (SSSR count).